The van der Waals surface area contributed by atoms with Gasteiger partial charge in [-0.1, -0.05) is 0 Å². The van der Waals surface area contributed by atoms with Crippen LogP contribution in [-0.2, 0) is 20.9 Å². The number of ether oxygens (including phenoxy) is 3. The third-order valence-electron chi connectivity index (χ3n) is 4.72. The highest BCUT2D eigenvalue weighted by atomic mass is 16.5. The molecule has 7 nitrogen and oxygen atoms in total. The van der Waals surface area contributed by atoms with Crippen molar-refractivity contribution in [3.63, 3.8) is 0 Å². The molecule has 3 saturated heterocycles. The molecule has 0 spiro atoms. The lowest BCUT2D eigenvalue weighted by molar-refractivity contribution is -0.153. The van der Waals surface area contributed by atoms with Crippen LogP contribution < -0.4 is 14.8 Å². The summed E-state index contributed by atoms with van der Waals surface area (Å²) in [4.78, 5) is 27.0. The molecule has 136 valence electrons. The number of rotatable bonds is 4. The van der Waals surface area contributed by atoms with Crippen molar-refractivity contribution in [2.45, 2.75) is 37.9 Å². The summed E-state index contributed by atoms with van der Waals surface area (Å²) in [5.74, 6) is 1.09. The van der Waals surface area contributed by atoms with E-state index in [1.54, 1.807) is 25.2 Å². The second kappa shape index (κ2) is 7.74. The van der Waals surface area contributed by atoms with E-state index >= 15 is 0 Å². The quantitative estimate of drug-likeness (QED) is 0.882. The summed E-state index contributed by atoms with van der Waals surface area (Å²) in [6, 6.07) is 4.38. The standard InChI is InChI=1S/C18H24N2O5/c1-23-13-7-6-12(16(9-13)24-2)10-20-15-11-25-8-4-3-5-14(18(20)22)19-17(15)21/h6-7,9,14-15H,3-5,8,10-11H2,1-2H3,(H,19,21)/t14-,15-/m0/s1. The molecule has 1 aromatic carbocycles. The third-order valence-corrected chi connectivity index (χ3v) is 4.72. The van der Waals surface area contributed by atoms with Crippen molar-refractivity contribution < 1.29 is 23.8 Å². The van der Waals surface area contributed by atoms with Gasteiger partial charge >= 0.3 is 0 Å². The Balaban J connectivity index is 1.88. The number of fused-ring (bicyclic) bond motifs is 7. The van der Waals surface area contributed by atoms with Crippen LogP contribution in [0.4, 0.5) is 0 Å². The monoisotopic (exact) mass is 348 g/mol. The summed E-state index contributed by atoms with van der Waals surface area (Å²) in [6.07, 6.45) is 2.39. The lowest BCUT2D eigenvalue weighted by Gasteiger charge is -2.39. The van der Waals surface area contributed by atoms with Crippen LogP contribution in [0.1, 0.15) is 24.8 Å². The fraction of sp³-hybridized carbons (Fsp3) is 0.556. The zero-order valence-corrected chi connectivity index (χ0v) is 14.6. The van der Waals surface area contributed by atoms with Crippen molar-refractivity contribution in [3.8, 4) is 11.5 Å². The number of carbonyl (C=O) groups excluding carboxylic acids is 2. The number of nitrogens with one attached hydrogen (secondary N) is 1. The molecule has 4 rings (SSSR count). The van der Waals surface area contributed by atoms with E-state index in [0.29, 0.717) is 31.1 Å². The average Bonchev–Trinajstić information content (AvgIpc) is 2.63. The molecular weight excluding hydrogens is 324 g/mol. The lowest BCUT2D eigenvalue weighted by atomic mass is 10.0. The predicted octanol–water partition coefficient (Wildman–Crippen LogP) is 1.10. The average molecular weight is 348 g/mol. The van der Waals surface area contributed by atoms with Gasteiger partial charge in [-0.05, 0) is 31.4 Å². The van der Waals surface area contributed by atoms with Crippen molar-refractivity contribution in [1.29, 1.82) is 0 Å². The lowest BCUT2D eigenvalue weighted by Crippen LogP contribution is -2.64. The van der Waals surface area contributed by atoms with Gasteiger partial charge in [0.05, 0.1) is 27.4 Å². The Labute approximate surface area is 147 Å². The number of piperazine rings is 1. The fourth-order valence-electron chi connectivity index (χ4n) is 3.29. The van der Waals surface area contributed by atoms with Gasteiger partial charge in [-0.2, -0.15) is 0 Å². The normalized spacial score (nSPS) is 24.0. The van der Waals surface area contributed by atoms with Crippen LogP contribution in [0, 0.1) is 0 Å². The number of benzene rings is 1. The molecule has 3 heterocycles. The molecule has 0 unspecified atom stereocenters. The minimum Gasteiger partial charge on any atom is -0.497 e. The minimum absolute atomic E-state index is 0.0621. The molecule has 2 amide bonds. The van der Waals surface area contributed by atoms with Crippen LogP contribution in [0.3, 0.4) is 0 Å². The van der Waals surface area contributed by atoms with Crippen molar-refractivity contribution in [1.82, 2.24) is 10.2 Å². The van der Waals surface area contributed by atoms with Crippen LogP contribution in [-0.4, -0.2) is 56.2 Å². The highest BCUT2D eigenvalue weighted by Gasteiger charge is 2.41. The smallest absolute Gasteiger partial charge is 0.246 e. The first-order valence-electron chi connectivity index (χ1n) is 8.53. The minimum atomic E-state index is -0.617. The van der Waals surface area contributed by atoms with Gasteiger partial charge in [-0.25, -0.2) is 0 Å². The fourth-order valence-corrected chi connectivity index (χ4v) is 3.29. The van der Waals surface area contributed by atoms with Crippen LogP contribution in [0.5, 0.6) is 11.5 Å². The van der Waals surface area contributed by atoms with Crippen LogP contribution in [0.15, 0.2) is 18.2 Å². The SMILES string of the molecule is COc1ccc(CN2C(=O)[C@@H]3CCCCOC[C@H]2C(=O)N3)c(OC)c1. The molecule has 2 bridgehead atoms. The first-order valence-corrected chi connectivity index (χ1v) is 8.53. The Bertz CT molecular complexity index is 648. The zero-order valence-electron chi connectivity index (χ0n) is 14.6. The molecule has 2 atom stereocenters. The van der Waals surface area contributed by atoms with Gasteiger partial charge < -0.3 is 24.4 Å². The summed E-state index contributed by atoms with van der Waals surface area (Å²) < 4.78 is 16.2. The topological polar surface area (TPSA) is 77.1 Å². The largest absolute Gasteiger partial charge is 0.497 e. The van der Waals surface area contributed by atoms with Gasteiger partial charge in [0, 0.05) is 18.2 Å². The van der Waals surface area contributed by atoms with Crippen LogP contribution in [0.25, 0.3) is 0 Å². The Morgan fingerprint density at radius 3 is 2.84 bits per heavy atom. The summed E-state index contributed by atoms with van der Waals surface area (Å²) in [7, 11) is 3.16. The number of methoxy groups -OCH3 is 2. The van der Waals surface area contributed by atoms with E-state index < -0.39 is 12.1 Å². The molecule has 1 aromatic rings. The maximum absolute atomic E-state index is 12.9. The maximum atomic E-state index is 12.9. The van der Waals surface area contributed by atoms with E-state index in [9.17, 15) is 9.59 Å². The number of nitrogens with zero attached hydrogens (tertiary/aromatic N) is 1. The Morgan fingerprint density at radius 1 is 1.24 bits per heavy atom. The Morgan fingerprint density at radius 2 is 2.08 bits per heavy atom. The van der Waals surface area contributed by atoms with E-state index in [1.807, 2.05) is 12.1 Å². The third kappa shape index (κ3) is 3.71. The Kier molecular flexibility index (Phi) is 5.43. The van der Waals surface area contributed by atoms with E-state index in [2.05, 4.69) is 5.32 Å². The first-order chi connectivity index (χ1) is 12.1. The molecule has 0 aliphatic carbocycles. The molecule has 7 heteroatoms. The van der Waals surface area contributed by atoms with Gasteiger partial charge in [0.1, 0.15) is 23.6 Å². The number of amides is 2. The summed E-state index contributed by atoms with van der Waals surface area (Å²) in [6.45, 7) is 1.12. The van der Waals surface area contributed by atoms with Gasteiger partial charge in [0.2, 0.25) is 11.8 Å². The predicted molar refractivity (Wildman–Crippen MR) is 90.5 cm³/mol. The summed E-state index contributed by atoms with van der Waals surface area (Å²) in [5.41, 5.74) is 0.826. The second-order valence-electron chi connectivity index (χ2n) is 6.29. The number of hydrogen-bond acceptors (Lipinski definition) is 5. The highest BCUT2D eigenvalue weighted by Crippen LogP contribution is 2.28. The van der Waals surface area contributed by atoms with Gasteiger partial charge in [0.15, 0.2) is 0 Å². The van der Waals surface area contributed by atoms with Gasteiger partial charge in [-0.15, -0.1) is 0 Å². The van der Waals surface area contributed by atoms with Crippen LogP contribution in [0.2, 0.25) is 0 Å². The summed E-state index contributed by atoms with van der Waals surface area (Å²) in [5, 5.41) is 2.84. The molecule has 0 aromatic heterocycles. The van der Waals surface area contributed by atoms with Gasteiger partial charge in [-0.3, -0.25) is 9.59 Å². The molecule has 3 aliphatic heterocycles. The molecule has 1 N–H and O–H groups in total. The number of carbonyl (C=O) groups is 2. The second-order valence-corrected chi connectivity index (χ2v) is 6.29. The number of hydrogen-bond donors (Lipinski definition) is 1. The van der Waals surface area contributed by atoms with E-state index in [0.717, 1.165) is 18.4 Å². The zero-order chi connectivity index (χ0) is 17.8. The molecular formula is C18H24N2O5. The molecule has 3 aliphatic rings. The molecule has 0 saturated carbocycles. The van der Waals surface area contributed by atoms with E-state index in [1.165, 1.54) is 0 Å². The Hall–Kier alpha value is -2.28. The molecule has 0 radical (unpaired) electrons. The van der Waals surface area contributed by atoms with Crippen molar-refractivity contribution >= 4 is 11.8 Å². The highest BCUT2D eigenvalue weighted by molar-refractivity contribution is 5.97. The van der Waals surface area contributed by atoms with Crippen LogP contribution >= 0.6 is 0 Å². The first kappa shape index (κ1) is 17.5. The maximum Gasteiger partial charge on any atom is 0.246 e. The van der Waals surface area contributed by atoms with Gasteiger partial charge in [0.25, 0.3) is 0 Å². The van der Waals surface area contributed by atoms with Crippen molar-refractivity contribution in [2.75, 3.05) is 27.4 Å². The summed E-state index contributed by atoms with van der Waals surface area (Å²) >= 11 is 0. The van der Waals surface area contributed by atoms with Crippen molar-refractivity contribution in [3.05, 3.63) is 23.8 Å². The molecule has 25 heavy (non-hydrogen) atoms. The van der Waals surface area contributed by atoms with E-state index in [-0.39, 0.29) is 18.4 Å². The molecule has 3 fully saturated rings. The van der Waals surface area contributed by atoms with E-state index in [4.69, 9.17) is 14.2 Å². The van der Waals surface area contributed by atoms with Crippen molar-refractivity contribution in [2.24, 2.45) is 0 Å².